The van der Waals surface area contributed by atoms with Crippen molar-refractivity contribution in [3.05, 3.63) is 34.3 Å². The monoisotopic (exact) mass is 254 g/mol. The van der Waals surface area contributed by atoms with Crippen LogP contribution in [0.25, 0.3) is 0 Å². The van der Waals surface area contributed by atoms with E-state index in [0.717, 1.165) is 26.1 Å². The average Bonchev–Trinajstić information content (AvgIpc) is 2.12. The van der Waals surface area contributed by atoms with Gasteiger partial charge >= 0.3 is 0 Å². The maximum atomic E-state index is 3.55. The van der Waals surface area contributed by atoms with E-state index < -0.39 is 0 Å². The van der Waals surface area contributed by atoms with Gasteiger partial charge in [-0.15, -0.1) is 0 Å². The van der Waals surface area contributed by atoms with Gasteiger partial charge in [-0.2, -0.15) is 0 Å². The molecule has 14 heavy (non-hydrogen) atoms. The largest absolute Gasteiger partial charge is 0.314 e. The minimum absolute atomic E-state index is 0.692. The van der Waals surface area contributed by atoms with Crippen LogP contribution in [-0.4, -0.2) is 25.7 Å². The van der Waals surface area contributed by atoms with Crippen LogP contribution in [0.1, 0.15) is 5.56 Å². The number of nitrogens with one attached hydrogen (secondary N) is 2. The van der Waals surface area contributed by atoms with Gasteiger partial charge < -0.3 is 10.6 Å². The molecule has 0 spiro atoms. The molecule has 0 bridgehead atoms. The van der Waals surface area contributed by atoms with Gasteiger partial charge in [0.1, 0.15) is 0 Å². The molecule has 0 aromatic heterocycles. The first-order valence-corrected chi connectivity index (χ1v) is 5.83. The predicted octanol–water partition coefficient (Wildman–Crippen LogP) is 1.55. The summed E-state index contributed by atoms with van der Waals surface area (Å²) in [6.45, 7) is 3.31. The Labute approximate surface area is 93.2 Å². The summed E-state index contributed by atoms with van der Waals surface area (Å²) in [6.07, 6.45) is 1.10. The molecule has 0 aliphatic carbocycles. The third-order valence-electron chi connectivity index (χ3n) is 2.57. The smallest absolute Gasteiger partial charge is 0.0317 e. The second-order valence-electron chi connectivity index (χ2n) is 3.65. The van der Waals surface area contributed by atoms with Crippen LogP contribution in [0.15, 0.2) is 28.7 Å². The zero-order chi connectivity index (χ0) is 9.80. The number of benzene rings is 1. The van der Waals surface area contributed by atoms with Crippen LogP contribution in [0.3, 0.4) is 0 Å². The zero-order valence-corrected chi connectivity index (χ0v) is 9.68. The van der Waals surface area contributed by atoms with Crippen LogP contribution in [0.5, 0.6) is 0 Å². The molecule has 0 unspecified atom stereocenters. The van der Waals surface area contributed by atoms with E-state index in [2.05, 4.69) is 50.8 Å². The van der Waals surface area contributed by atoms with Crippen LogP contribution >= 0.6 is 15.9 Å². The molecule has 2 nitrogen and oxygen atoms in total. The first-order chi connectivity index (χ1) is 6.86. The third kappa shape index (κ3) is 2.56. The van der Waals surface area contributed by atoms with Gasteiger partial charge in [-0.1, -0.05) is 34.1 Å². The highest BCUT2D eigenvalue weighted by molar-refractivity contribution is 9.10. The Morgan fingerprint density at radius 2 is 2.14 bits per heavy atom. The quantitative estimate of drug-likeness (QED) is 0.853. The molecule has 0 amide bonds. The van der Waals surface area contributed by atoms with E-state index in [9.17, 15) is 0 Å². The van der Waals surface area contributed by atoms with Crippen LogP contribution in [0.2, 0.25) is 0 Å². The lowest BCUT2D eigenvalue weighted by Crippen LogP contribution is -2.55. The molecule has 0 atom stereocenters. The Hall–Kier alpha value is -0.380. The molecule has 1 aromatic carbocycles. The predicted molar refractivity (Wildman–Crippen MR) is 62.5 cm³/mol. The Kier molecular flexibility index (Phi) is 3.56. The second kappa shape index (κ2) is 4.91. The number of rotatable bonds is 4. The van der Waals surface area contributed by atoms with Crippen molar-refractivity contribution >= 4 is 15.9 Å². The lowest BCUT2D eigenvalue weighted by Gasteiger charge is -2.28. The molecule has 0 radical (unpaired) electrons. The highest BCUT2D eigenvalue weighted by Gasteiger charge is 2.14. The highest BCUT2D eigenvalue weighted by Crippen LogP contribution is 2.15. The average molecular weight is 255 g/mol. The summed E-state index contributed by atoms with van der Waals surface area (Å²) in [5.41, 5.74) is 1.38. The van der Waals surface area contributed by atoms with Crippen LogP contribution < -0.4 is 10.6 Å². The number of hydrogen-bond acceptors (Lipinski definition) is 2. The van der Waals surface area contributed by atoms with Gasteiger partial charge in [0, 0.05) is 23.6 Å². The second-order valence-corrected chi connectivity index (χ2v) is 4.51. The summed E-state index contributed by atoms with van der Waals surface area (Å²) in [4.78, 5) is 0. The van der Waals surface area contributed by atoms with Crippen molar-refractivity contribution in [1.82, 2.24) is 10.6 Å². The summed E-state index contributed by atoms with van der Waals surface area (Å²) >= 11 is 3.55. The van der Waals surface area contributed by atoms with E-state index in [4.69, 9.17) is 0 Å². The first kappa shape index (κ1) is 10.1. The minimum atomic E-state index is 0.692. The van der Waals surface area contributed by atoms with Gasteiger partial charge in [0.15, 0.2) is 0 Å². The normalized spacial score (nSPS) is 16.6. The molecule has 76 valence electrons. The van der Waals surface area contributed by atoms with Gasteiger partial charge in [0.2, 0.25) is 0 Å². The molecule has 1 fully saturated rings. The Morgan fingerprint density at radius 3 is 2.79 bits per heavy atom. The Morgan fingerprint density at radius 1 is 1.36 bits per heavy atom. The van der Waals surface area contributed by atoms with Crippen molar-refractivity contribution in [2.75, 3.05) is 19.6 Å². The summed E-state index contributed by atoms with van der Waals surface area (Å²) in [7, 11) is 0. The summed E-state index contributed by atoms with van der Waals surface area (Å²) < 4.78 is 1.22. The lowest BCUT2D eigenvalue weighted by atomic mass is 10.1. The summed E-state index contributed by atoms with van der Waals surface area (Å²) in [6, 6.07) is 9.10. The van der Waals surface area contributed by atoms with Crippen molar-refractivity contribution in [2.45, 2.75) is 12.5 Å². The van der Waals surface area contributed by atoms with Gasteiger partial charge in [0.25, 0.3) is 0 Å². The van der Waals surface area contributed by atoms with Gasteiger partial charge in [0.05, 0.1) is 0 Å². The minimum Gasteiger partial charge on any atom is -0.314 e. The molecule has 2 N–H and O–H groups in total. The van der Waals surface area contributed by atoms with Crippen LogP contribution in [-0.2, 0) is 6.42 Å². The fraction of sp³-hybridized carbons (Fsp3) is 0.455. The highest BCUT2D eigenvalue weighted by atomic mass is 79.9. The van der Waals surface area contributed by atoms with Crippen molar-refractivity contribution in [1.29, 1.82) is 0 Å². The van der Waals surface area contributed by atoms with Crippen molar-refractivity contribution < 1.29 is 0 Å². The molecule has 1 heterocycles. The summed E-state index contributed by atoms with van der Waals surface area (Å²) in [5.74, 6) is 0. The van der Waals surface area contributed by atoms with Gasteiger partial charge in [-0.3, -0.25) is 0 Å². The van der Waals surface area contributed by atoms with Gasteiger partial charge in [-0.25, -0.2) is 0 Å². The zero-order valence-electron chi connectivity index (χ0n) is 8.09. The van der Waals surface area contributed by atoms with E-state index >= 15 is 0 Å². The molecule has 1 aliphatic rings. The molecule has 3 heteroatoms. The molecule has 1 saturated heterocycles. The number of hydrogen-bond donors (Lipinski definition) is 2. The maximum Gasteiger partial charge on any atom is 0.0317 e. The van der Waals surface area contributed by atoms with Crippen LogP contribution in [0, 0.1) is 0 Å². The van der Waals surface area contributed by atoms with E-state index in [1.54, 1.807) is 0 Å². The Bertz CT molecular complexity index is 297. The molecular weight excluding hydrogens is 240 g/mol. The number of halogens is 1. The molecule has 1 aliphatic heterocycles. The van der Waals surface area contributed by atoms with E-state index in [1.807, 2.05) is 0 Å². The van der Waals surface area contributed by atoms with E-state index in [0.29, 0.717) is 6.04 Å². The fourth-order valence-corrected chi connectivity index (χ4v) is 2.03. The van der Waals surface area contributed by atoms with Gasteiger partial charge in [-0.05, 0) is 24.6 Å². The molecule has 2 rings (SSSR count). The lowest BCUT2D eigenvalue weighted by molar-refractivity contribution is 0.369. The van der Waals surface area contributed by atoms with E-state index in [-0.39, 0.29) is 0 Å². The fourth-order valence-electron chi connectivity index (χ4n) is 1.55. The standard InChI is InChI=1S/C11H15BrN2/c12-11-4-2-1-3-9(11)5-6-14-10-7-13-8-10/h1-4,10,13-14H,5-8H2. The topological polar surface area (TPSA) is 24.1 Å². The molecular formula is C11H15BrN2. The molecule has 0 saturated carbocycles. The maximum absolute atomic E-state index is 3.55. The third-order valence-corrected chi connectivity index (χ3v) is 3.34. The van der Waals surface area contributed by atoms with E-state index in [1.165, 1.54) is 10.0 Å². The van der Waals surface area contributed by atoms with Crippen LogP contribution in [0.4, 0.5) is 0 Å². The Balaban J connectivity index is 1.76. The van der Waals surface area contributed by atoms with Crippen molar-refractivity contribution in [3.63, 3.8) is 0 Å². The SMILES string of the molecule is Brc1ccccc1CCNC1CNC1. The molecule has 1 aromatic rings. The van der Waals surface area contributed by atoms with Crippen molar-refractivity contribution in [2.24, 2.45) is 0 Å². The first-order valence-electron chi connectivity index (χ1n) is 5.04. The summed E-state index contributed by atoms with van der Waals surface area (Å²) in [5, 5.41) is 6.76. The van der Waals surface area contributed by atoms with Crippen molar-refractivity contribution in [3.8, 4) is 0 Å².